The van der Waals surface area contributed by atoms with Gasteiger partial charge in [-0.15, -0.1) is 0 Å². The van der Waals surface area contributed by atoms with E-state index in [1.165, 1.54) is 36.2 Å². The maximum Gasteiger partial charge on any atom is 0.251 e. The van der Waals surface area contributed by atoms with E-state index in [9.17, 15) is 18.0 Å². The Balaban J connectivity index is 3.06. The second-order valence-corrected chi connectivity index (χ2v) is 7.39. The summed E-state index contributed by atoms with van der Waals surface area (Å²) in [6, 6.07) is 4.67. The van der Waals surface area contributed by atoms with Gasteiger partial charge in [0.25, 0.3) is 5.91 Å². The third-order valence-corrected chi connectivity index (χ3v) is 4.77. The Morgan fingerprint density at radius 1 is 1.09 bits per heavy atom. The summed E-state index contributed by atoms with van der Waals surface area (Å²) in [5.41, 5.74) is 0.358. The molecule has 128 valence electrons. The van der Waals surface area contributed by atoms with Crippen molar-refractivity contribution >= 4 is 21.8 Å². The molecule has 0 aliphatic heterocycles. The average Bonchev–Trinajstić information content (AvgIpc) is 2.51. The molecule has 1 atom stereocenters. The molecule has 0 aliphatic carbocycles. The minimum Gasteiger partial charge on any atom is -0.355 e. The summed E-state index contributed by atoms with van der Waals surface area (Å²) in [5.74, 6) is -0.819. The first-order chi connectivity index (χ1) is 10.6. The number of carbonyl (C=O) groups excluding carboxylic acids is 2. The van der Waals surface area contributed by atoms with E-state index in [2.05, 4.69) is 10.0 Å². The molecule has 0 fully saturated rings. The molecular weight excluding hydrogens is 318 g/mol. The Bertz CT molecular complexity index is 666. The number of sulfonamides is 1. The third-order valence-electron chi connectivity index (χ3n) is 3.31. The van der Waals surface area contributed by atoms with Gasteiger partial charge in [-0.25, -0.2) is 8.42 Å². The summed E-state index contributed by atoms with van der Waals surface area (Å²) in [4.78, 5) is 25.0. The fourth-order valence-corrected chi connectivity index (χ4v) is 3.25. The van der Waals surface area contributed by atoms with Gasteiger partial charge in [0.1, 0.15) is 6.04 Å². The Kier molecular flexibility index (Phi) is 6.28. The molecule has 1 aromatic carbocycles. The van der Waals surface area contributed by atoms with E-state index in [1.54, 1.807) is 27.9 Å². The van der Waals surface area contributed by atoms with Gasteiger partial charge in [0.05, 0.1) is 4.90 Å². The van der Waals surface area contributed by atoms with Gasteiger partial charge < -0.3 is 10.2 Å². The normalized spacial score (nSPS) is 12.8. The molecule has 7 nitrogen and oxygen atoms in total. The molecule has 23 heavy (non-hydrogen) atoms. The minimum atomic E-state index is -3.86. The Hall–Kier alpha value is -1.93. The molecule has 0 aromatic heterocycles. The summed E-state index contributed by atoms with van der Waals surface area (Å²) in [5, 5.41) is 2.46. The second kappa shape index (κ2) is 7.56. The van der Waals surface area contributed by atoms with Gasteiger partial charge in [-0.2, -0.15) is 4.72 Å². The number of nitrogens with one attached hydrogen (secondary N) is 2. The zero-order chi connectivity index (χ0) is 17.8. The van der Waals surface area contributed by atoms with Crippen LogP contribution in [0.15, 0.2) is 29.2 Å². The van der Waals surface area contributed by atoms with Crippen molar-refractivity contribution in [3.63, 3.8) is 0 Å². The average molecular weight is 341 g/mol. The lowest BCUT2D eigenvalue weighted by molar-refractivity contribution is -0.131. The highest BCUT2D eigenvalue weighted by Gasteiger charge is 2.29. The predicted molar refractivity (Wildman–Crippen MR) is 87.5 cm³/mol. The van der Waals surface area contributed by atoms with Gasteiger partial charge >= 0.3 is 0 Å². The maximum atomic E-state index is 12.4. The fourth-order valence-electron chi connectivity index (χ4n) is 1.91. The Labute approximate surface area is 137 Å². The minimum absolute atomic E-state index is 0.00218. The predicted octanol–water partition coefficient (Wildman–Crippen LogP) is 0.437. The van der Waals surface area contributed by atoms with E-state index in [4.69, 9.17) is 0 Å². The van der Waals surface area contributed by atoms with Crippen molar-refractivity contribution in [2.45, 2.75) is 24.8 Å². The molecule has 0 bridgehead atoms. The summed E-state index contributed by atoms with van der Waals surface area (Å²) in [6.45, 7) is 3.53. The van der Waals surface area contributed by atoms with Gasteiger partial charge in [-0.3, -0.25) is 9.59 Å². The number of hydrogen-bond donors (Lipinski definition) is 2. The molecule has 0 spiro atoms. The molecule has 0 saturated carbocycles. The van der Waals surface area contributed by atoms with Crippen molar-refractivity contribution in [3.05, 3.63) is 29.8 Å². The van der Waals surface area contributed by atoms with Crippen molar-refractivity contribution in [1.82, 2.24) is 14.9 Å². The summed E-state index contributed by atoms with van der Waals surface area (Å²) >= 11 is 0. The number of hydrogen-bond acceptors (Lipinski definition) is 4. The van der Waals surface area contributed by atoms with Crippen LogP contribution in [0.5, 0.6) is 0 Å². The first-order valence-corrected chi connectivity index (χ1v) is 8.64. The van der Waals surface area contributed by atoms with E-state index in [0.717, 1.165) is 0 Å². The van der Waals surface area contributed by atoms with Crippen LogP contribution in [-0.2, 0) is 14.8 Å². The van der Waals surface area contributed by atoms with Crippen molar-refractivity contribution in [3.8, 4) is 0 Å². The second-order valence-electron chi connectivity index (χ2n) is 5.68. The molecule has 0 heterocycles. The van der Waals surface area contributed by atoms with Crippen LogP contribution in [0.25, 0.3) is 0 Å². The molecule has 1 aromatic rings. The largest absolute Gasteiger partial charge is 0.355 e. The molecule has 8 heteroatoms. The highest BCUT2D eigenvalue weighted by atomic mass is 32.2. The van der Waals surface area contributed by atoms with Crippen LogP contribution in [0.2, 0.25) is 0 Å². The number of nitrogens with zero attached hydrogens (tertiary/aromatic N) is 1. The number of rotatable bonds is 6. The highest BCUT2D eigenvalue weighted by molar-refractivity contribution is 7.89. The summed E-state index contributed by atoms with van der Waals surface area (Å²) < 4.78 is 27.3. The van der Waals surface area contributed by atoms with Crippen LogP contribution in [0.4, 0.5) is 0 Å². The van der Waals surface area contributed by atoms with Crippen LogP contribution < -0.4 is 10.0 Å². The number of benzene rings is 1. The van der Waals surface area contributed by atoms with Gasteiger partial charge in [-0.1, -0.05) is 13.8 Å². The molecular formula is C15H23N3O4S. The number of carbonyl (C=O) groups is 2. The van der Waals surface area contributed by atoms with E-state index in [0.29, 0.717) is 5.56 Å². The molecule has 0 unspecified atom stereocenters. The summed E-state index contributed by atoms with van der Waals surface area (Å²) in [7, 11) is 0.780. The van der Waals surface area contributed by atoms with Crippen LogP contribution >= 0.6 is 0 Å². The van der Waals surface area contributed by atoms with Crippen molar-refractivity contribution in [2.24, 2.45) is 5.92 Å². The van der Waals surface area contributed by atoms with E-state index in [-0.39, 0.29) is 22.6 Å². The maximum absolute atomic E-state index is 12.4. The molecule has 0 saturated heterocycles. The monoisotopic (exact) mass is 341 g/mol. The molecule has 2 amide bonds. The fraction of sp³-hybridized carbons (Fsp3) is 0.467. The number of amides is 2. The van der Waals surface area contributed by atoms with Crippen molar-refractivity contribution < 1.29 is 18.0 Å². The third kappa shape index (κ3) is 4.77. The van der Waals surface area contributed by atoms with Gasteiger partial charge in [0.15, 0.2) is 0 Å². The first-order valence-electron chi connectivity index (χ1n) is 7.15. The van der Waals surface area contributed by atoms with E-state index >= 15 is 0 Å². The van der Waals surface area contributed by atoms with Crippen LogP contribution in [-0.4, -0.2) is 52.3 Å². The SMILES string of the molecule is CNC(=O)c1ccc(S(=O)(=O)N[C@H](C(=O)N(C)C)C(C)C)cc1. The zero-order valence-corrected chi connectivity index (χ0v) is 14.8. The van der Waals surface area contributed by atoms with Gasteiger partial charge in [0, 0.05) is 26.7 Å². The Morgan fingerprint density at radius 2 is 1.61 bits per heavy atom. The smallest absolute Gasteiger partial charge is 0.251 e. The lowest BCUT2D eigenvalue weighted by atomic mass is 10.0. The lowest BCUT2D eigenvalue weighted by Gasteiger charge is -2.24. The number of likely N-dealkylation sites (N-methyl/N-ethyl adjacent to an activating group) is 1. The molecule has 1 rings (SSSR count). The van der Waals surface area contributed by atoms with Crippen LogP contribution in [0.1, 0.15) is 24.2 Å². The first kappa shape index (κ1) is 19.1. The lowest BCUT2D eigenvalue weighted by Crippen LogP contribution is -2.49. The quantitative estimate of drug-likeness (QED) is 0.785. The molecule has 0 aliphatic rings. The Morgan fingerprint density at radius 3 is 2.00 bits per heavy atom. The van der Waals surface area contributed by atoms with Gasteiger partial charge in [-0.05, 0) is 30.2 Å². The van der Waals surface area contributed by atoms with E-state index < -0.39 is 16.1 Å². The highest BCUT2D eigenvalue weighted by Crippen LogP contribution is 2.14. The van der Waals surface area contributed by atoms with Crippen LogP contribution in [0.3, 0.4) is 0 Å². The van der Waals surface area contributed by atoms with Gasteiger partial charge in [0.2, 0.25) is 15.9 Å². The molecule has 0 radical (unpaired) electrons. The topological polar surface area (TPSA) is 95.6 Å². The van der Waals surface area contributed by atoms with Crippen molar-refractivity contribution in [1.29, 1.82) is 0 Å². The summed E-state index contributed by atoms with van der Waals surface area (Å²) in [6.07, 6.45) is 0. The molecule has 2 N–H and O–H groups in total. The van der Waals surface area contributed by atoms with Crippen molar-refractivity contribution in [2.75, 3.05) is 21.1 Å². The standard InChI is InChI=1S/C15H23N3O4S/c1-10(2)13(15(20)18(4)5)17-23(21,22)12-8-6-11(7-9-12)14(19)16-3/h6-10,13,17H,1-5H3,(H,16,19)/t13-/m0/s1. The van der Waals surface area contributed by atoms with Crippen LogP contribution in [0, 0.1) is 5.92 Å². The zero-order valence-electron chi connectivity index (χ0n) is 14.0. The van der Waals surface area contributed by atoms with E-state index in [1.807, 2.05) is 0 Å².